The lowest BCUT2D eigenvalue weighted by Crippen LogP contribution is -2.21. The molecule has 0 spiro atoms. The number of aliphatic carboxylic acids is 1. The van der Waals surface area contributed by atoms with Gasteiger partial charge in [0.2, 0.25) is 0 Å². The first-order valence-electron chi connectivity index (χ1n) is 9.85. The van der Waals surface area contributed by atoms with Crippen molar-refractivity contribution >= 4 is 33.2 Å². The second-order valence-electron chi connectivity index (χ2n) is 7.14. The number of nitrogen functional groups attached to an aromatic ring is 1. The van der Waals surface area contributed by atoms with Gasteiger partial charge in [-0.3, -0.25) is 10.1 Å². The first kappa shape index (κ1) is 22.8. The van der Waals surface area contributed by atoms with Gasteiger partial charge in [-0.1, -0.05) is 31.2 Å². The predicted octanol–water partition coefficient (Wildman–Crippen LogP) is 3.57. The molecule has 3 aromatic rings. The summed E-state index contributed by atoms with van der Waals surface area (Å²) in [6, 6.07) is 18.3. The second-order valence-corrected chi connectivity index (χ2v) is 8.82. The average Bonchev–Trinajstić information content (AvgIpc) is 2.77. The highest BCUT2D eigenvalue weighted by atomic mass is 32.2. The zero-order valence-electron chi connectivity index (χ0n) is 17.4. The number of carboxylic acid groups (broad SMARTS) is 1. The van der Waals surface area contributed by atoms with Gasteiger partial charge < -0.3 is 16.2 Å². The first-order chi connectivity index (χ1) is 15.2. The van der Waals surface area contributed by atoms with E-state index in [9.17, 15) is 18.3 Å². The van der Waals surface area contributed by atoms with Crippen LogP contribution in [-0.4, -0.2) is 25.3 Å². The standard InChI is InChI=1S/C23H24N4O4S/c1-2-15-12-17(14-19(13-15)27-32(30,31)20-6-4-3-5-7-20)21(23(28)29)26-18-10-8-16(9-11-18)22(24)25/h3-14,21,26-27H,2H2,1H3,(H3,24,25)(H,28,29). The maximum atomic E-state index is 12.7. The summed E-state index contributed by atoms with van der Waals surface area (Å²) in [5.74, 6) is -1.21. The van der Waals surface area contributed by atoms with Crippen molar-refractivity contribution in [3.05, 3.63) is 89.5 Å². The van der Waals surface area contributed by atoms with E-state index >= 15 is 0 Å². The molecule has 0 fully saturated rings. The summed E-state index contributed by atoms with van der Waals surface area (Å²) in [7, 11) is -3.82. The second kappa shape index (κ2) is 9.52. The third kappa shape index (κ3) is 5.44. The fourth-order valence-corrected chi connectivity index (χ4v) is 4.22. The van der Waals surface area contributed by atoms with Crippen LogP contribution in [0, 0.1) is 5.41 Å². The van der Waals surface area contributed by atoms with E-state index in [4.69, 9.17) is 11.1 Å². The van der Waals surface area contributed by atoms with Crippen molar-refractivity contribution < 1.29 is 18.3 Å². The van der Waals surface area contributed by atoms with Crippen LogP contribution in [0.5, 0.6) is 0 Å². The van der Waals surface area contributed by atoms with E-state index in [0.29, 0.717) is 23.2 Å². The van der Waals surface area contributed by atoms with Gasteiger partial charge in [-0.05, 0) is 66.1 Å². The smallest absolute Gasteiger partial charge is 0.330 e. The molecule has 0 heterocycles. The number of benzene rings is 3. The summed E-state index contributed by atoms with van der Waals surface area (Å²) in [5.41, 5.74) is 7.97. The molecular formula is C23H24N4O4S. The van der Waals surface area contributed by atoms with E-state index in [1.165, 1.54) is 18.2 Å². The van der Waals surface area contributed by atoms with Crippen LogP contribution in [0.25, 0.3) is 0 Å². The number of anilines is 2. The molecule has 0 aromatic heterocycles. The largest absolute Gasteiger partial charge is 0.479 e. The summed E-state index contributed by atoms with van der Waals surface area (Å²) in [5, 5.41) is 20.2. The Morgan fingerprint density at radius 3 is 2.25 bits per heavy atom. The highest BCUT2D eigenvalue weighted by Gasteiger charge is 2.22. The Morgan fingerprint density at radius 1 is 1.03 bits per heavy atom. The number of aryl methyl sites for hydroxylation is 1. The van der Waals surface area contributed by atoms with Crippen LogP contribution < -0.4 is 15.8 Å². The van der Waals surface area contributed by atoms with Crippen molar-refractivity contribution in [3.8, 4) is 0 Å². The average molecular weight is 453 g/mol. The number of rotatable bonds is 9. The molecule has 0 saturated heterocycles. The van der Waals surface area contributed by atoms with Crippen molar-refractivity contribution in [3.63, 3.8) is 0 Å². The number of nitrogens with two attached hydrogens (primary N) is 1. The quantitative estimate of drug-likeness (QED) is 0.248. The number of hydrogen-bond donors (Lipinski definition) is 5. The first-order valence-corrected chi connectivity index (χ1v) is 11.3. The highest BCUT2D eigenvalue weighted by Crippen LogP contribution is 2.26. The molecular weight excluding hydrogens is 428 g/mol. The Morgan fingerprint density at radius 2 is 1.69 bits per heavy atom. The van der Waals surface area contributed by atoms with Gasteiger partial charge in [0.15, 0.2) is 6.04 Å². The predicted molar refractivity (Wildman–Crippen MR) is 125 cm³/mol. The molecule has 0 saturated carbocycles. The van der Waals surface area contributed by atoms with Crippen molar-refractivity contribution in [1.82, 2.24) is 0 Å². The lowest BCUT2D eigenvalue weighted by Gasteiger charge is -2.19. The third-order valence-corrected chi connectivity index (χ3v) is 6.21. The molecule has 0 radical (unpaired) electrons. The van der Waals surface area contributed by atoms with Crippen LogP contribution in [0.2, 0.25) is 0 Å². The van der Waals surface area contributed by atoms with Crippen molar-refractivity contribution in [2.45, 2.75) is 24.3 Å². The topological polar surface area (TPSA) is 145 Å². The SMILES string of the molecule is CCc1cc(NS(=O)(=O)c2ccccc2)cc(C(Nc2ccc(C(=N)N)cc2)C(=O)O)c1. The Kier molecular flexibility index (Phi) is 6.79. The molecule has 0 aliphatic carbocycles. The molecule has 0 aliphatic rings. The lowest BCUT2D eigenvalue weighted by atomic mass is 10.0. The molecule has 0 aliphatic heterocycles. The van der Waals surface area contributed by atoms with Crippen molar-refractivity contribution in [1.29, 1.82) is 5.41 Å². The van der Waals surface area contributed by atoms with Gasteiger partial charge in [0.05, 0.1) is 4.90 Å². The van der Waals surface area contributed by atoms with Gasteiger partial charge in [-0.15, -0.1) is 0 Å². The van der Waals surface area contributed by atoms with E-state index in [2.05, 4.69) is 10.0 Å². The number of carboxylic acids is 1. The Balaban J connectivity index is 1.94. The number of sulfonamides is 1. The van der Waals surface area contributed by atoms with Gasteiger partial charge in [0.25, 0.3) is 10.0 Å². The summed E-state index contributed by atoms with van der Waals surface area (Å²) in [6.07, 6.45) is 0.591. The van der Waals surface area contributed by atoms with Crippen LogP contribution >= 0.6 is 0 Å². The van der Waals surface area contributed by atoms with Gasteiger partial charge >= 0.3 is 5.97 Å². The summed E-state index contributed by atoms with van der Waals surface area (Å²) < 4.78 is 28.0. The van der Waals surface area contributed by atoms with Gasteiger partial charge in [-0.25, -0.2) is 13.2 Å². The van der Waals surface area contributed by atoms with Crippen LogP contribution in [0.15, 0.2) is 77.7 Å². The third-order valence-electron chi connectivity index (χ3n) is 4.82. The van der Waals surface area contributed by atoms with Gasteiger partial charge in [0, 0.05) is 16.9 Å². The van der Waals surface area contributed by atoms with E-state index in [-0.39, 0.29) is 16.4 Å². The van der Waals surface area contributed by atoms with E-state index in [0.717, 1.165) is 5.56 Å². The minimum atomic E-state index is -3.82. The van der Waals surface area contributed by atoms with Crippen molar-refractivity contribution in [2.75, 3.05) is 10.0 Å². The molecule has 0 bridgehead atoms. The molecule has 3 rings (SSSR count). The molecule has 3 aromatic carbocycles. The van der Waals surface area contributed by atoms with Gasteiger partial charge in [-0.2, -0.15) is 0 Å². The Hall–Kier alpha value is -3.85. The normalized spacial score (nSPS) is 12.0. The molecule has 9 heteroatoms. The minimum absolute atomic E-state index is 0.0858. The maximum Gasteiger partial charge on any atom is 0.330 e. The zero-order chi connectivity index (χ0) is 23.3. The van der Waals surface area contributed by atoms with E-state index in [1.54, 1.807) is 54.6 Å². The Labute approximate surface area is 186 Å². The number of amidine groups is 1. The monoisotopic (exact) mass is 452 g/mol. The van der Waals surface area contributed by atoms with Gasteiger partial charge in [0.1, 0.15) is 5.84 Å². The highest BCUT2D eigenvalue weighted by molar-refractivity contribution is 7.92. The molecule has 1 atom stereocenters. The molecule has 0 amide bonds. The summed E-state index contributed by atoms with van der Waals surface area (Å²) in [4.78, 5) is 12.2. The number of hydrogen-bond acceptors (Lipinski definition) is 5. The van der Waals surface area contributed by atoms with E-state index in [1.807, 2.05) is 6.92 Å². The minimum Gasteiger partial charge on any atom is -0.479 e. The zero-order valence-corrected chi connectivity index (χ0v) is 18.2. The van der Waals surface area contributed by atoms with E-state index < -0.39 is 22.0 Å². The lowest BCUT2D eigenvalue weighted by molar-refractivity contribution is -0.138. The van der Waals surface area contributed by atoms with Crippen LogP contribution in [0.4, 0.5) is 11.4 Å². The number of nitrogens with one attached hydrogen (secondary N) is 3. The molecule has 8 nitrogen and oxygen atoms in total. The fourth-order valence-electron chi connectivity index (χ4n) is 3.16. The van der Waals surface area contributed by atoms with Crippen molar-refractivity contribution in [2.24, 2.45) is 5.73 Å². The molecule has 1 unspecified atom stereocenters. The van der Waals surface area contributed by atoms with Crippen LogP contribution in [0.1, 0.15) is 29.7 Å². The van der Waals surface area contributed by atoms with Crippen LogP contribution in [0.3, 0.4) is 0 Å². The Bertz CT molecular complexity index is 1230. The van der Waals surface area contributed by atoms with Crippen LogP contribution in [-0.2, 0) is 21.2 Å². The molecule has 32 heavy (non-hydrogen) atoms. The molecule has 166 valence electrons. The summed E-state index contributed by atoms with van der Waals surface area (Å²) >= 11 is 0. The molecule has 6 N–H and O–H groups in total. The summed E-state index contributed by atoms with van der Waals surface area (Å²) in [6.45, 7) is 1.90. The maximum absolute atomic E-state index is 12.7. The fraction of sp³-hybridized carbons (Fsp3) is 0.130. The number of carbonyl (C=O) groups is 1.